The van der Waals surface area contributed by atoms with Crippen molar-refractivity contribution in [1.29, 1.82) is 0 Å². The number of likely N-dealkylation sites (tertiary alicyclic amines) is 1. The summed E-state index contributed by atoms with van der Waals surface area (Å²) >= 11 is 0. The van der Waals surface area contributed by atoms with E-state index in [0.29, 0.717) is 18.4 Å². The number of fused-ring (bicyclic) bond motifs is 4. The van der Waals surface area contributed by atoms with E-state index in [4.69, 9.17) is 0 Å². The summed E-state index contributed by atoms with van der Waals surface area (Å²) in [5.74, 6) is 1.03. The van der Waals surface area contributed by atoms with E-state index in [-0.39, 0.29) is 23.4 Å². The van der Waals surface area contributed by atoms with Crippen LogP contribution >= 0.6 is 0 Å². The van der Waals surface area contributed by atoms with Crippen molar-refractivity contribution in [2.24, 2.45) is 11.8 Å². The van der Waals surface area contributed by atoms with Crippen molar-refractivity contribution in [3.8, 4) is 0 Å². The molecule has 160 valence electrons. The van der Waals surface area contributed by atoms with Crippen molar-refractivity contribution in [3.63, 3.8) is 0 Å². The van der Waals surface area contributed by atoms with Crippen LogP contribution in [0.2, 0.25) is 0 Å². The second-order valence-electron chi connectivity index (χ2n) is 9.30. The smallest absolute Gasteiger partial charge is 0.251 e. The van der Waals surface area contributed by atoms with Gasteiger partial charge in [0.2, 0.25) is 5.91 Å². The quantitative estimate of drug-likeness (QED) is 0.795. The summed E-state index contributed by atoms with van der Waals surface area (Å²) < 4.78 is 1.98. The van der Waals surface area contributed by atoms with Crippen LogP contribution in [-0.2, 0) is 11.3 Å². The molecule has 1 aliphatic carbocycles. The van der Waals surface area contributed by atoms with E-state index in [1.165, 1.54) is 12.0 Å². The summed E-state index contributed by atoms with van der Waals surface area (Å²) in [7, 11) is 0. The lowest BCUT2D eigenvalue weighted by atomic mass is 9.78. The van der Waals surface area contributed by atoms with Crippen molar-refractivity contribution in [2.45, 2.75) is 57.0 Å². The Morgan fingerprint density at radius 3 is 2.87 bits per heavy atom. The van der Waals surface area contributed by atoms with Crippen LogP contribution in [0.15, 0.2) is 35.4 Å². The SMILES string of the molecule is O=C(NC[C@H]1[C@H]2C[C@H](CN(Cc3cn[nH]c3)C2)c2cccc(=O)n21)C1CCCCC1. The molecular weight excluding hydrogens is 378 g/mol. The van der Waals surface area contributed by atoms with Gasteiger partial charge in [0.15, 0.2) is 0 Å². The zero-order valence-electron chi connectivity index (χ0n) is 17.4. The molecule has 2 fully saturated rings. The molecule has 1 saturated carbocycles. The Bertz CT molecular complexity index is 931. The molecule has 3 atom stereocenters. The largest absolute Gasteiger partial charge is 0.354 e. The van der Waals surface area contributed by atoms with E-state index >= 15 is 0 Å². The van der Waals surface area contributed by atoms with Crippen molar-refractivity contribution in [3.05, 3.63) is 52.2 Å². The molecule has 0 spiro atoms. The van der Waals surface area contributed by atoms with Crippen molar-refractivity contribution in [2.75, 3.05) is 19.6 Å². The van der Waals surface area contributed by atoms with Crippen LogP contribution in [0, 0.1) is 11.8 Å². The molecule has 0 aromatic carbocycles. The Morgan fingerprint density at radius 1 is 1.20 bits per heavy atom. The van der Waals surface area contributed by atoms with Crippen LogP contribution in [0.4, 0.5) is 0 Å². The molecular formula is C23H31N5O2. The van der Waals surface area contributed by atoms with E-state index < -0.39 is 0 Å². The van der Waals surface area contributed by atoms with Gasteiger partial charge in [-0.1, -0.05) is 25.3 Å². The van der Waals surface area contributed by atoms with Gasteiger partial charge < -0.3 is 9.88 Å². The topological polar surface area (TPSA) is 83.0 Å². The lowest BCUT2D eigenvalue weighted by molar-refractivity contribution is -0.126. The van der Waals surface area contributed by atoms with Gasteiger partial charge in [-0.15, -0.1) is 0 Å². The third-order valence-corrected chi connectivity index (χ3v) is 7.30. The Hall–Kier alpha value is -2.41. The molecule has 0 unspecified atom stereocenters. The minimum atomic E-state index is 0.0182. The fraction of sp³-hybridized carbons (Fsp3) is 0.609. The first kappa shape index (κ1) is 19.5. The number of pyridine rings is 1. The number of aromatic amines is 1. The van der Waals surface area contributed by atoms with Crippen LogP contribution in [0.3, 0.4) is 0 Å². The van der Waals surface area contributed by atoms with Crippen LogP contribution in [0.25, 0.3) is 0 Å². The third-order valence-electron chi connectivity index (χ3n) is 7.30. The van der Waals surface area contributed by atoms with Gasteiger partial charge in [0.05, 0.1) is 12.2 Å². The molecule has 5 rings (SSSR count). The maximum absolute atomic E-state index is 12.8. The summed E-state index contributed by atoms with van der Waals surface area (Å²) in [6.07, 6.45) is 10.4. The Balaban J connectivity index is 1.36. The van der Waals surface area contributed by atoms with Crippen molar-refractivity contribution in [1.82, 2.24) is 25.0 Å². The number of amides is 1. The fourth-order valence-corrected chi connectivity index (χ4v) is 5.86. The van der Waals surface area contributed by atoms with Gasteiger partial charge in [0.25, 0.3) is 5.56 Å². The highest BCUT2D eigenvalue weighted by Crippen LogP contribution is 2.41. The normalized spacial score (nSPS) is 26.9. The Morgan fingerprint density at radius 2 is 2.07 bits per heavy atom. The predicted octanol–water partition coefficient (Wildman–Crippen LogP) is 2.43. The van der Waals surface area contributed by atoms with Crippen molar-refractivity contribution < 1.29 is 4.79 Å². The number of hydrogen-bond donors (Lipinski definition) is 2. The van der Waals surface area contributed by atoms with E-state index in [1.54, 1.807) is 6.07 Å². The summed E-state index contributed by atoms with van der Waals surface area (Å²) in [5, 5.41) is 10.2. The molecule has 30 heavy (non-hydrogen) atoms. The molecule has 2 aliphatic heterocycles. The predicted molar refractivity (Wildman–Crippen MR) is 114 cm³/mol. The van der Waals surface area contributed by atoms with Gasteiger partial charge in [0, 0.05) is 61.5 Å². The standard InChI is InChI=1S/C23H31N5O2/c29-22-8-4-7-20-18-9-19(15-27(14-18)13-16-10-25-26-11-16)21(28(20)22)12-24-23(30)17-5-2-1-3-6-17/h4,7-8,10-11,17-19,21H,1-3,5-6,9,12-15H2,(H,24,30)(H,25,26)/t18-,19+,21+/m1/s1. The molecule has 2 aromatic heterocycles. The summed E-state index contributed by atoms with van der Waals surface area (Å²) in [5.41, 5.74) is 2.36. The average Bonchev–Trinajstić information content (AvgIpc) is 3.27. The van der Waals surface area contributed by atoms with E-state index in [1.807, 2.05) is 23.0 Å². The molecule has 3 aliphatic rings. The van der Waals surface area contributed by atoms with E-state index in [0.717, 1.165) is 57.4 Å². The lowest BCUT2D eigenvalue weighted by Gasteiger charge is -2.47. The molecule has 2 bridgehead atoms. The molecule has 4 heterocycles. The minimum absolute atomic E-state index is 0.0182. The molecule has 2 N–H and O–H groups in total. The molecule has 1 amide bonds. The summed E-state index contributed by atoms with van der Waals surface area (Å²) in [4.78, 5) is 28.1. The first-order valence-corrected chi connectivity index (χ1v) is 11.4. The zero-order chi connectivity index (χ0) is 20.5. The molecule has 2 aromatic rings. The second-order valence-corrected chi connectivity index (χ2v) is 9.30. The highest BCUT2D eigenvalue weighted by Gasteiger charge is 2.40. The van der Waals surface area contributed by atoms with Gasteiger partial charge in [0.1, 0.15) is 0 Å². The van der Waals surface area contributed by atoms with Crippen LogP contribution in [-0.4, -0.2) is 45.2 Å². The van der Waals surface area contributed by atoms with Gasteiger partial charge in [-0.2, -0.15) is 5.10 Å². The van der Waals surface area contributed by atoms with Crippen LogP contribution in [0.1, 0.15) is 61.7 Å². The first-order valence-electron chi connectivity index (χ1n) is 11.4. The maximum Gasteiger partial charge on any atom is 0.251 e. The Kier molecular flexibility index (Phi) is 5.46. The number of H-pyrrole nitrogens is 1. The number of nitrogens with one attached hydrogen (secondary N) is 2. The van der Waals surface area contributed by atoms with Crippen LogP contribution in [0.5, 0.6) is 0 Å². The molecule has 1 saturated heterocycles. The van der Waals surface area contributed by atoms with Crippen LogP contribution < -0.4 is 10.9 Å². The van der Waals surface area contributed by atoms with Gasteiger partial charge in [-0.3, -0.25) is 19.6 Å². The second kappa shape index (κ2) is 8.38. The Labute approximate surface area is 176 Å². The van der Waals surface area contributed by atoms with E-state index in [2.05, 4.69) is 26.5 Å². The maximum atomic E-state index is 12.8. The third kappa shape index (κ3) is 3.83. The van der Waals surface area contributed by atoms with Crippen molar-refractivity contribution >= 4 is 5.91 Å². The zero-order valence-corrected chi connectivity index (χ0v) is 17.4. The highest BCUT2D eigenvalue weighted by atomic mass is 16.2. The molecule has 7 nitrogen and oxygen atoms in total. The summed E-state index contributed by atoms with van der Waals surface area (Å²) in [6, 6.07) is 5.65. The number of carbonyl (C=O) groups excluding carboxylic acids is 1. The van der Waals surface area contributed by atoms with E-state index in [9.17, 15) is 9.59 Å². The summed E-state index contributed by atoms with van der Waals surface area (Å²) in [6.45, 7) is 3.30. The number of rotatable bonds is 5. The van der Waals surface area contributed by atoms with Gasteiger partial charge in [-0.25, -0.2) is 0 Å². The van der Waals surface area contributed by atoms with Gasteiger partial charge >= 0.3 is 0 Å². The monoisotopic (exact) mass is 409 g/mol. The molecule has 7 heteroatoms. The van der Waals surface area contributed by atoms with Gasteiger partial charge in [-0.05, 0) is 31.2 Å². The fourth-order valence-electron chi connectivity index (χ4n) is 5.86. The number of carbonyl (C=O) groups is 1. The number of piperidine rings is 1. The minimum Gasteiger partial charge on any atom is -0.354 e. The molecule has 0 radical (unpaired) electrons. The lowest BCUT2D eigenvalue weighted by Crippen LogP contribution is -2.52. The number of nitrogens with zero attached hydrogens (tertiary/aromatic N) is 3. The number of hydrogen-bond acceptors (Lipinski definition) is 4. The average molecular weight is 410 g/mol. The number of aromatic nitrogens is 3. The highest BCUT2D eigenvalue weighted by molar-refractivity contribution is 5.78. The first-order chi connectivity index (χ1) is 14.7.